The number of amides is 1. The second-order valence-electron chi connectivity index (χ2n) is 8.40. The van der Waals surface area contributed by atoms with E-state index < -0.39 is 10.2 Å². The number of rotatable bonds is 5. The summed E-state index contributed by atoms with van der Waals surface area (Å²) in [7, 11) is -3.48. The Hall–Kier alpha value is -1.62. The largest absolute Gasteiger partial charge is 0.348 e. The van der Waals surface area contributed by atoms with Gasteiger partial charge in [-0.05, 0) is 56.6 Å². The second-order valence-corrected chi connectivity index (χ2v) is 10.2. The Bertz CT molecular complexity index is 841. The van der Waals surface area contributed by atoms with Crippen LogP contribution in [0.3, 0.4) is 0 Å². The van der Waals surface area contributed by atoms with Gasteiger partial charge in [0.2, 0.25) is 0 Å². The number of carbonyl (C=O) groups is 1. The van der Waals surface area contributed by atoms with Crippen LogP contribution in [0.25, 0.3) is 0 Å². The average Bonchev–Trinajstić information content (AvgIpc) is 3.00. The van der Waals surface area contributed by atoms with Crippen molar-refractivity contribution < 1.29 is 13.2 Å². The van der Waals surface area contributed by atoms with E-state index in [1.165, 1.54) is 0 Å². The van der Waals surface area contributed by atoms with Crippen LogP contribution in [0.15, 0.2) is 12.3 Å². The Morgan fingerprint density at radius 1 is 1.21 bits per heavy atom. The van der Waals surface area contributed by atoms with Crippen LogP contribution in [0.2, 0.25) is 0 Å². The van der Waals surface area contributed by atoms with Gasteiger partial charge in [0, 0.05) is 37.3 Å². The molecular weight excluding hydrogens is 392 g/mol. The van der Waals surface area contributed by atoms with E-state index in [4.69, 9.17) is 5.73 Å². The molecule has 2 atom stereocenters. The van der Waals surface area contributed by atoms with Crippen LogP contribution in [0, 0.1) is 0 Å². The van der Waals surface area contributed by atoms with Gasteiger partial charge in [-0.2, -0.15) is 22.1 Å². The highest BCUT2D eigenvalue weighted by Crippen LogP contribution is 2.39. The molecule has 2 unspecified atom stereocenters. The van der Waals surface area contributed by atoms with Crippen molar-refractivity contribution in [2.75, 3.05) is 13.1 Å². The number of nitrogens with two attached hydrogens (primary N) is 1. The van der Waals surface area contributed by atoms with Crippen molar-refractivity contribution in [1.29, 1.82) is 0 Å². The lowest BCUT2D eigenvalue weighted by molar-refractivity contribution is 0.0900. The van der Waals surface area contributed by atoms with Gasteiger partial charge < -0.3 is 11.1 Å². The highest BCUT2D eigenvalue weighted by atomic mass is 32.2. The van der Waals surface area contributed by atoms with Crippen LogP contribution >= 0.6 is 0 Å². The highest BCUT2D eigenvalue weighted by Gasteiger charge is 2.49. The van der Waals surface area contributed by atoms with E-state index in [9.17, 15) is 13.2 Å². The van der Waals surface area contributed by atoms with E-state index in [1.54, 1.807) is 20.9 Å². The van der Waals surface area contributed by atoms with Gasteiger partial charge >= 0.3 is 0 Å². The van der Waals surface area contributed by atoms with E-state index in [2.05, 4.69) is 15.5 Å². The number of hydrogen-bond donors (Lipinski definition) is 2. The summed E-state index contributed by atoms with van der Waals surface area (Å²) in [4.78, 5) is 12.6. The molecule has 9 nitrogen and oxygen atoms in total. The van der Waals surface area contributed by atoms with Gasteiger partial charge in [0.25, 0.3) is 16.1 Å². The summed E-state index contributed by atoms with van der Waals surface area (Å²) in [5.74, 6) is -0.237. The Kier molecular flexibility index (Phi) is 5.87. The first kappa shape index (κ1) is 20.6. The summed E-state index contributed by atoms with van der Waals surface area (Å²) in [5.41, 5.74) is 7.21. The van der Waals surface area contributed by atoms with Crippen LogP contribution in [0.5, 0.6) is 0 Å². The molecule has 29 heavy (non-hydrogen) atoms. The molecule has 10 heteroatoms. The average molecular weight is 423 g/mol. The predicted molar refractivity (Wildman–Crippen MR) is 108 cm³/mol. The number of fused-ring (bicyclic) bond motifs is 2. The van der Waals surface area contributed by atoms with E-state index in [-0.39, 0.29) is 30.1 Å². The normalized spacial score (nSPS) is 29.1. The predicted octanol–water partition coefficient (Wildman–Crippen LogP) is 0.432. The maximum atomic E-state index is 13.2. The molecule has 2 bridgehead atoms. The number of aromatic nitrogens is 2. The summed E-state index contributed by atoms with van der Waals surface area (Å²) in [6.45, 7) is 2.99. The van der Waals surface area contributed by atoms with Crippen molar-refractivity contribution in [2.45, 2.75) is 76.0 Å². The molecule has 1 aromatic heterocycles. The Labute approximate surface area is 172 Å². The zero-order valence-electron chi connectivity index (χ0n) is 16.8. The minimum Gasteiger partial charge on any atom is -0.348 e. The van der Waals surface area contributed by atoms with Crippen molar-refractivity contribution in [3.05, 3.63) is 23.5 Å². The Balaban J connectivity index is 1.42. The lowest BCUT2D eigenvalue weighted by atomic mass is 9.99. The minimum atomic E-state index is -3.48. The maximum Gasteiger partial charge on any atom is 0.282 e. The van der Waals surface area contributed by atoms with Crippen LogP contribution in [-0.2, 0) is 16.6 Å². The van der Waals surface area contributed by atoms with E-state index in [1.807, 2.05) is 6.92 Å². The number of hydrogen-bond acceptors (Lipinski definition) is 6. The van der Waals surface area contributed by atoms with Crippen molar-refractivity contribution >= 4 is 16.1 Å². The maximum absolute atomic E-state index is 13.2. The Morgan fingerprint density at radius 3 is 2.48 bits per heavy atom. The summed E-state index contributed by atoms with van der Waals surface area (Å²) < 4.78 is 29.8. The zero-order chi connectivity index (χ0) is 20.6. The molecular formula is C19H30N6O3S. The van der Waals surface area contributed by atoms with Gasteiger partial charge in [0.05, 0.1) is 6.20 Å². The third-order valence-corrected chi connectivity index (χ3v) is 8.59. The number of nitrogens with one attached hydrogen (secondary N) is 1. The quantitative estimate of drug-likeness (QED) is 0.710. The molecule has 3 saturated heterocycles. The Morgan fingerprint density at radius 2 is 1.86 bits per heavy atom. The highest BCUT2D eigenvalue weighted by molar-refractivity contribution is 7.86. The first-order valence-corrected chi connectivity index (χ1v) is 11.9. The SMILES string of the molecule is CCc1cnnc(C(=O)NC2CC3CCC(C2)N3S(=O)(=O)N2CCC(N)CC2)c1. The number of aryl methyl sites for hydroxylation is 1. The molecule has 0 radical (unpaired) electrons. The molecule has 3 aliphatic rings. The van der Waals surface area contributed by atoms with Crippen molar-refractivity contribution in [1.82, 2.24) is 24.1 Å². The lowest BCUT2D eigenvalue weighted by Crippen LogP contribution is -2.57. The fraction of sp³-hybridized carbons (Fsp3) is 0.737. The minimum absolute atomic E-state index is 0.0479. The van der Waals surface area contributed by atoms with Crippen molar-refractivity contribution in [3.8, 4) is 0 Å². The summed E-state index contributed by atoms with van der Waals surface area (Å²) in [6.07, 6.45) is 6.82. The molecule has 1 aromatic rings. The third-order valence-electron chi connectivity index (χ3n) is 6.44. The van der Waals surface area contributed by atoms with Crippen LogP contribution in [0.1, 0.15) is 61.5 Å². The van der Waals surface area contributed by atoms with E-state index in [0.717, 1.165) is 24.8 Å². The van der Waals surface area contributed by atoms with Gasteiger partial charge in [0.15, 0.2) is 5.69 Å². The molecule has 3 aliphatic heterocycles. The fourth-order valence-electron chi connectivity index (χ4n) is 4.84. The number of nitrogens with zero attached hydrogens (tertiary/aromatic N) is 4. The van der Waals surface area contributed by atoms with Gasteiger partial charge in [0.1, 0.15) is 0 Å². The van der Waals surface area contributed by atoms with E-state index >= 15 is 0 Å². The van der Waals surface area contributed by atoms with Gasteiger partial charge in [-0.15, -0.1) is 5.10 Å². The van der Waals surface area contributed by atoms with Crippen LogP contribution < -0.4 is 11.1 Å². The fourth-order valence-corrected chi connectivity index (χ4v) is 6.91. The molecule has 4 heterocycles. The van der Waals surface area contributed by atoms with Crippen molar-refractivity contribution in [2.24, 2.45) is 5.73 Å². The molecule has 0 aliphatic carbocycles. The molecule has 0 spiro atoms. The number of carbonyl (C=O) groups excluding carboxylic acids is 1. The monoisotopic (exact) mass is 422 g/mol. The zero-order valence-corrected chi connectivity index (χ0v) is 17.6. The molecule has 3 fully saturated rings. The molecule has 4 rings (SSSR count). The van der Waals surface area contributed by atoms with Crippen LogP contribution in [-0.4, -0.2) is 70.4 Å². The lowest BCUT2D eigenvalue weighted by Gasteiger charge is -2.41. The third kappa shape index (κ3) is 4.16. The first-order valence-electron chi connectivity index (χ1n) is 10.5. The number of piperidine rings is 2. The van der Waals surface area contributed by atoms with Gasteiger partial charge in [-0.1, -0.05) is 6.92 Å². The summed E-state index contributed by atoms with van der Waals surface area (Å²) >= 11 is 0. The first-order chi connectivity index (χ1) is 13.9. The summed E-state index contributed by atoms with van der Waals surface area (Å²) in [6, 6.07) is 1.68. The van der Waals surface area contributed by atoms with Crippen LogP contribution in [0.4, 0.5) is 0 Å². The molecule has 0 saturated carbocycles. The second kappa shape index (κ2) is 8.25. The standard InChI is InChI=1S/C19H30N6O3S/c1-2-13-9-18(23-21-12-13)19(26)22-15-10-16-3-4-17(11-15)25(16)29(27,28)24-7-5-14(20)6-8-24/h9,12,14-17H,2-8,10-11,20H2,1H3,(H,22,26). The van der Waals surface area contributed by atoms with Gasteiger partial charge in [-0.25, -0.2) is 0 Å². The smallest absolute Gasteiger partial charge is 0.282 e. The topological polar surface area (TPSA) is 122 Å². The molecule has 0 aromatic carbocycles. The summed E-state index contributed by atoms with van der Waals surface area (Å²) in [5, 5.41) is 10.9. The van der Waals surface area contributed by atoms with E-state index in [0.29, 0.717) is 44.5 Å². The van der Waals surface area contributed by atoms with Gasteiger partial charge in [-0.3, -0.25) is 4.79 Å². The molecule has 160 valence electrons. The molecule has 1 amide bonds. The van der Waals surface area contributed by atoms with Crippen molar-refractivity contribution in [3.63, 3.8) is 0 Å². The molecule has 3 N–H and O–H groups in total.